The van der Waals surface area contributed by atoms with E-state index < -0.39 is 19.7 Å². The molecular weight excluding hydrogens is 633 g/mol. The highest BCUT2D eigenvalue weighted by molar-refractivity contribution is 7.90. The van der Waals surface area contributed by atoms with Crippen LogP contribution in [0.15, 0.2) is 133 Å². The van der Waals surface area contributed by atoms with Gasteiger partial charge >= 0.3 is 0 Å². The predicted molar refractivity (Wildman–Crippen MR) is 199 cm³/mol. The summed E-state index contributed by atoms with van der Waals surface area (Å²) in [4.78, 5) is 0. The fourth-order valence-corrected chi connectivity index (χ4v) is 10.5. The molecule has 3 aliphatic heterocycles. The van der Waals surface area contributed by atoms with Gasteiger partial charge in [-0.05, 0) is 99.4 Å². The monoisotopic (exact) mass is 662 g/mol. The molecule has 6 heteroatoms. The molecule has 0 unspecified atom stereocenters. The van der Waals surface area contributed by atoms with Crippen molar-refractivity contribution in [2.75, 3.05) is 0 Å². The molecule has 0 amide bonds. The number of sulfone groups is 2. The molecule has 0 radical (unpaired) electrons. The van der Waals surface area contributed by atoms with Crippen molar-refractivity contribution in [2.45, 2.75) is 23.0 Å². The Hall–Kier alpha value is -5.04. The Morgan fingerprint density at radius 2 is 0.625 bits per heavy atom. The Morgan fingerprint density at radius 3 is 1.04 bits per heavy atom. The smallest absolute Gasteiger partial charge is 0.158 e. The number of rotatable bonds is 0. The number of hydrogen-bond acceptors (Lipinski definition) is 4. The Morgan fingerprint density at radius 1 is 0.312 bits per heavy atom. The molecule has 0 aromatic heterocycles. The summed E-state index contributed by atoms with van der Waals surface area (Å²) in [6.07, 6.45) is 0. The minimum Gasteiger partial charge on any atom is -0.228 e. The predicted octanol–water partition coefficient (Wildman–Crippen LogP) is 9.66. The first-order chi connectivity index (χ1) is 23.2. The average Bonchev–Trinajstić information content (AvgIpc) is 3.07. The number of fused-ring (bicyclic) bond motifs is 2. The molecule has 0 aliphatic carbocycles. The molecule has 11 rings (SSSR count). The maximum Gasteiger partial charge on any atom is 0.158 e. The second kappa shape index (κ2) is 10.7. The zero-order valence-electron chi connectivity index (χ0n) is 26.0. The van der Waals surface area contributed by atoms with E-state index in [1.54, 1.807) is 0 Å². The zero-order chi connectivity index (χ0) is 32.6. The van der Waals surface area contributed by atoms with Crippen LogP contribution in [0.4, 0.5) is 0 Å². The van der Waals surface area contributed by atoms with Crippen LogP contribution in [-0.4, -0.2) is 16.8 Å². The minimum absolute atomic E-state index is 0.0490. The summed E-state index contributed by atoms with van der Waals surface area (Å²) in [5.41, 5.74) is 4.87. The standard InChI is InChI=1S/C42H30O4S2/c43-47(44)23-27-1-7-31(8-2-27)32-9-3-28(4-10-32)24-48(45,46)26-30-6-12-34-14-16-36-18-19-37-38(42(36)40(34)22-30)20-17-35-15-13-33-11-5-29(25-47)21-39(33)41(35)37/h1-22H,23-26H2. The van der Waals surface area contributed by atoms with Crippen LogP contribution in [0, 0.1) is 0 Å². The number of hydrogen-bond donors (Lipinski definition) is 0. The summed E-state index contributed by atoms with van der Waals surface area (Å²) in [6, 6.07) is 44.1. The van der Waals surface area contributed by atoms with E-state index in [2.05, 4.69) is 48.5 Å². The third-order valence-corrected chi connectivity index (χ3v) is 12.8. The summed E-state index contributed by atoms with van der Waals surface area (Å²) in [6.45, 7) is 0. The molecule has 8 aromatic rings. The van der Waals surface area contributed by atoms with Gasteiger partial charge in [0.2, 0.25) is 0 Å². The Bertz CT molecular complexity index is 2640. The Labute approximate surface area is 279 Å². The third-order valence-electron chi connectivity index (χ3n) is 9.71. The van der Waals surface area contributed by atoms with Gasteiger partial charge in [-0.3, -0.25) is 0 Å². The summed E-state index contributed by atoms with van der Waals surface area (Å²) in [5.74, 6) is -0.206. The van der Waals surface area contributed by atoms with Crippen molar-refractivity contribution >= 4 is 73.5 Å². The van der Waals surface area contributed by atoms with Gasteiger partial charge < -0.3 is 0 Å². The van der Waals surface area contributed by atoms with Crippen molar-refractivity contribution in [1.82, 2.24) is 0 Å². The molecule has 3 heterocycles. The molecule has 0 saturated carbocycles. The molecule has 48 heavy (non-hydrogen) atoms. The lowest BCUT2D eigenvalue weighted by molar-refractivity contribution is 0.592. The van der Waals surface area contributed by atoms with E-state index in [4.69, 9.17) is 0 Å². The summed E-state index contributed by atoms with van der Waals surface area (Å²) >= 11 is 0. The minimum atomic E-state index is -3.46. The van der Waals surface area contributed by atoms with Crippen LogP contribution >= 0.6 is 0 Å². The quantitative estimate of drug-likeness (QED) is 0.152. The molecule has 234 valence electrons. The maximum atomic E-state index is 13.5. The lowest BCUT2D eigenvalue weighted by Gasteiger charge is -2.14. The normalized spacial score (nSPS) is 15.8. The molecule has 4 nitrogen and oxygen atoms in total. The molecule has 0 atom stereocenters. The lowest BCUT2D eigenvalue weighted by atomic mass is 9.91. The van der Waals surface area contributed by atoms with Crippen molar-refractivity contribution in [3.8, 4) is 11.1 Å². The second-order valence-corrected chi connectivity index (χ2v) is 17.3. The van der Waals surface area contributed by atoms with Gasteiger partial charge in [-0.15, -0.1) is 0 Å². The van der Waals surface area contributed by atoms with Crippen molar-refractivity contribution in [3.05, 3.63) is 156 Å². The van der Waals surface area contributed by atoms with Gasteiger partial charge in [0.05, 0.1) is 23.0 Å². The first-order valence-electron chi connectivity index (χ1n) is 16.0. The van der Waals surface area contributed by atoms with E-state index in [0.29, 0.717) is 0 Å². The first-order valence-corrected chi connectivity index (χ1v) is 19.6. The van der Waals surface area contributed by atoms with E-state index in [1.165, 1.54) is 0 Å². The van der Waals surface area contributed by atoms with Crippen molar-refractivity contribution in [1.29, 1.82) is 0 Å². The SMILES string of the molecule is O=S1(=O)Cc2ccc(cc2)-c2ccc(cc2)CS(=O)(=O)Cc2ccc3ccc4ccc5c(ccc6ccc7ccc(cc7c65)C1)c4c3c2. The lowest BCUT2D eigenvalue weighted by Crippen LogP contribution is -2.08. The molecule has 0 saturated heterocycles. The highest BCUT2D eigenvalue weighted by atomic mass is 32.2. The third kappa shape index (κ3) is 5.13. The van der Waals surface area contributed by atoms with Crippen molar-refractivity contribution in [2.24, 2.45) is 0 Å². The Kier molecular flexibility index (Phi) is 6.52. The van der Waals surface area contributed by atoms with Crippen LogP contribution < -0.4 is 0 Å². The van der Waals surface area contributed by atoms with E-state index in [9.17, 15) is 16.8 Å². The van der Waals surface area contributed by atoms with Gasteiger partial charge in [0.1, 0.15) is 0 Å². The molecule has 8 aromatic carbocycles. The highest BCUT2D eigenvalue weighted by Gasteiger charge is 2.18. The fourth-order valence-electron chi connectivity index (χ4n) is 7.49. The van der Waals surface area contributed by atoms with E-state index in [0.717, 1.165) is 87.2 Å². The van der Waals surface area contributed by atoms with Gasteiger partial charge in [-0.25, -0.2) is 16.8 Å². The summed E-state index contributed by atoms with van der Waals surface area (Å²) in [5, 5.41) is 10.6. The Balaban J connectivity index is 1.30. The summed E-state index contributed by atoms with van der Waals surface area (Å²) in [7, 11) is -6.91. The van der Waals surface area contributed by atoms with Crippen LogP contribution in [0.25, 0.3) is 65.0 Å². The first kappa shape index (κ1) is 29.1. The van der Waals surface area contributed by atoms with Gasteiger partial charge in [0.15, 0.2) is 19.7 Å². The number of benzene rings is 8. The van der Waals surface area contributed by atoms with Gasteiger partial charge in [0, 0.05) is 0 Å². The fraction of sp³-hybridized carbons (Fsp3) is 0.0952. The molecule has 0 N–H and O–H groups in total. The summed E-state index contributed by atoms with van der Waals surface area (Å²) < 4.78 is 54.1. The maximum absolute atomic E-state index is 13.5. The molecule has 0 spiro atoms. The highest BCUT2D eigenvalue weighted by Crippen LogP contribution is 2.39. The van der Waals surface area contributed by atoms with Gasteiger partial charge in [0.25, 0.3) is 0 Å². The largest absolute Gasteiger partial charge is 0.228 e. The van der Waals surface area contributed by atoms with Crippen molar-refractivity contribution < 1.29 is 16.8 Å². The van der Waals surface area contributed by atoms with Crippen LogP contribution in [0.1, 0.15) is 22.3 Å². The van der Waals surface area contributed by atoms with Gasteiger partial charge in [-0.1, -0.05) is 121 Å². The molecular formula is C42H30O4S2. The van der Waals surface area contributed by atoms with Crippen LogP contribution in [0.5, 0.6) is 0 Å². The van der Waals surface area contributed by atoms with Crippen LogP contribution in [0.3, 0.4) is 0 Å². The molecule has 0 fully saturated rings. The molecule has 12 bridgehead atoms. The van der Waals surface area contributed by atoms with E-state index in [1.807, 2.05) is 84.9 Å². The van der Waals surface area contributed by atoms with Crippen LogP contribution in [0.2, 0.25) is 0 Å². The van der Waals surface area contributed by atoms with Gasteiger partial charge in [-0.2, -0.15) is 0 Å². The molecule has 3 aliphatic rings. The van der Waals surface area contributed by atoms with E-state index >= 15 is 0 Å². The van der Waals surface area contributed by atoms with E-state index in [-0.39, 0.29) is 23.0 Å². The second-order valence-electron chi connectivity index (χ2n) is 13.1. The topological polar surface area (TPSA) is 68.3 Å². The zero-order valence-corrected chi connectivity index (χ0v) is 27.6. The van der Waals surface area contributed by atoms with Crippen molar-refractivity contribution in [3.63, 3.8) is 0 Å². The van der Waals surface area contributed by atoms with Crippen LogP contribution in [-0.2, 0) is 42.7 Å². The average molecular weight is 663 g/mol.